The van der Waals surface area contributed by atoms with Crippen LogP contribution in [0.4, 0.5) is 10.5 Å². The lowest BCUT2D eigenvalue weighted by molar-refractivity contribution is -0.0120. The van der Waals surface area contributed by atoms with Crippen LogP contribution < -0.4 is 10.2 Å². The molecule has 0 fully saturated rings. The van der Waals surface area contributed by atoms with E-state index in [9.17, 15) is 4.79 Å². The summed E-state index contributed by atoms with van der Waals surface area (Å²) in [5.74, 6) is -0.471. The number of benzene rings is 1. The first kappa shape index (κ1) is 9.50. The first-order valence-electron chi connectivity index (χ1n) is 4.19. The summed E-state index contributed by atoms with van der Waals surface area (Å²) in [7, 11) is 0. The minimum atomic E-state index is -1.20. The van der Waals surface area contributed by atoms with Gasteiger partial charge in [0.05, 0.1) is 0 Å². The monoisotopic (exact) mass is 209 g/mol. The second kappa shape index (κ2) is 3.26. The van der Waals surface area contributed by atoms with Gasteiger partial charge in [-0.05, 0) is 4.59 Å². The maximum absolute atomic E-state index is 11.1. The maximum atomic E-state index is 11.1. The van der Waals surface area contributed by atoms with Crippen LogP contribution in [0.1, 0.15) is 0 Å². The number of rotatable bonds is 1. The summed E-state index contributed by atoms with van der Waals surface area (Å²) in [6.07, 6.45) is -0.150. The van der Waals surface area contributed by atoms with Gasteiger partial charge in [0.2, 0.25) is 6.20 Å². The molecule has 1 amide bonds. The molecular formula is C9H9N2O4+. The Bertz CT molecular complexity index is 417. The van der Waals surface area contributed by atoms with Crippen LogP contribution in [0.3, 0.4) is 0 Å². The smallest absolute Gasteiger partial charge is 0.476 e. The molecule has 1 aliphatic rings. The zero-order valence-electron chi connectivity index (χ0n) is 7.62. The van der Waals surface area contributed by atoms with E-state index in [2.05, 4.69) is 10.4 Å². The van der Waals surface area contributed by atoms with E-state index < -0.39 is 16.6 Å². The third-order valence-corrected chi connectivity index (χ3v) is 2.06. The predicted octanol–water partition coefficient (Wildman–Crippen LogP) is 1.48. The predicted molar refractivity (Wildman–Crippen MR) is 51.2 cm³/mol. The highest BCUT2D eigenvalue weighted by molar-refractivity contribution is 5.81. The number of aliphatic hydroxyl groups excluding tert-OH is 1. The van der Waals surface area contributed by atoms with Crippen LogP contribution >= 0.6 is 0 Å². The Hall–Kier alpha value is -2.05. The van der Waals surface area contributed by atoms with E-state index in [0.29, 0.717) is 5.69 Å². The van der Waals surface area contributed by atoms with Crippen molar-refractivity contribution in [3.63, 3.8) is 0 Å². The molecule has 6 heteroatoms. The van der Waals surface area contributed by atoms with Crippen molar-refractivity contribution < 1.29 is 19.8 Å². The lowest BCUT2D eigenvalue weighted by Crippen LogP contribution is -2.55. The molecule has 0 aliphatic carbocycles. The number of hydrogen-bond acceptors (Lipinski definition) is 4. The van der Waals surface area contributed by atoms with Gasteiger partial charge < -0.3 is 15.1 Å². The highest BCUT2D eigenvalue weighted by Gasteiger charge is 2.46. The Morgan fingerprint density at radius 2 is 2.00 bits per heavy atom. The Morgan fingerprint density at radius 1 is 1.33 bits per heavy atom. The molecule has 1 aromatic carbocycles. The Morgan fingerprint density at radius 3 is 2.47 bits per heavy atom. The largest absolute Gasteiger partial charge is 0.546 e. The first-order valence-corrected chi connectivity index (χ1v) is 4.19. The van der Waals surface area contributed by atoms with Crippen molar-refractivity contribution in [3.8, 4) is 0 Å². The minimum Gasteiger partial charge on any atom is -0.476 e. The van der Waals surface area contributed by atoms with Gasteiger partial charge >= 0.3 is 12.0 Å². The fourth-order valence-electron chi connectivity index (χ4n) is 1.33. The Balaban J connectivity index is 2.50. The normalized spacial score (nSPS) is 24.4. The highest BCUT2D eigenvalue weighted by Crippen LogP contribution is 2.25. The molecule has 1 unspecified atom stereocenters. The molecule has 1 aliphatic heterocycles. The highest BCUT2D eigenvalue weighted by atomic mass is 16.8. The van der Waals surface area contributed by atoms with Crippen LogP contribution in [0.25, 0.3) is 0 Å². The van der Waals surface area contributed by atoms with Crippen LogP contribution in [0.5, 0.6) is 0 Å². The average Bonchev–Trinajstić information content (AvgIpc) is 2.63. The quantitative estimate of drug-likeness (QED) is 0.610. The number of quaternary nitrogens is 1. The summed E-state index contributed by atoms with van der Waals surface area (Å²) >= 11 is 0. The minimum absolute atomic E-state index is 0.425. The van der Waals surface area contributed by atoms with Crippen LogP contribution in [0.15, 0.2) is 42.5 Å². The van der Waals surface area contributed by atoms with Crippen molar-refractivity contribution in [1.82, 2.24) is 10.2 Å². The number of nitrogens with zero attached hydrogens (tertiary/aromatic N) is 1. The fourth-order valence-corrected chi connectivity index (χ4v) is 1.33. The first-order chi connectivity index (χ1) is 7.15. The fraction of sp³-hybridized carbons (Fsp3) is 0. The molecule has 1 atom stereocenters. The zero-order chi connectivity index (χ0) is 10.9. The standard InChI is InChI=1S/C9H8N2O4/c12-8-6-11(9(13)14,10-15-8)7-4-2-1-3-5-7/h1-6,10H,(H-,12,13,14)/p+1. The topological polar surface area (TPSA) is 78.8 Å². The van der Waals surface area contributed by atoms with Crippen LogP contribution in [0.2, 0.25) is 0 Å². The second-order valence-electron chi connectivity index (χ2n) is 3.00. The molecule has 78 valence electrons. The van der Waals surface area contributed by atoms with Gasteiger partial charge in [0, 0.05) is 17.7 Å². The summed E-state index contributed by atoms with van der Waals surface area (Å²) in [6, 6.07) is 8.38. The van der Waals surface area contributed by atoms with Gasteiger partial charge in [-0.25, -0.2) is 0 Å². The summed E-state index contributed by atoms with van der Waals surface area (Å²) in [4.78, 5) is 15.7. The van der Waals surface area contributed by atoms with Crippen molar-refractivity contribution >= 4 is 11.8 Å². The molecule has 15 heavy (non-hydrogen) atoms. The van der Waals surface area contributed by atoms with Crippen molar-refractivity contribution in [1.29, 1.82) is 0 Å². The molecule has 0 radical (unpaired) electrons. The van der Waals surface area contributed by atoms with Crippen molar-refractivity contribution in [2.75, 3.05) is 0 Å². The maximum Gasteiger partial charge on any atom is 0.546 e. The van der Waals surface area contributed by atoms with E-state index in [1.165, 1.54) is 0 Å². The second-order valence-corrected chi connectivity index (χ2v) is 3.00. The lowest BCUT2D eigenvalue weighted by atomic mass is 10.3. The van der Waals surface area contributed by atoms with E-state index in [4.69, 9.17) is 10.2 Å². The lowest BCUT2D eigenvalue weighted by Gasteiger charge is -2.19. The van der Waals surface area contributed by atoms with E-state index in [1.807, 2.05) is 0 Å². The molecule has 3 N–H and O–H groups in total. The van der Waals surface area contributed by atoms with Crippen molar-refractivity contribution in [2.45, 2.75) is 0 Å². The Labute approximate surface area is 85.1 Å². The van der Waals surface area contributed by atoms with Gasteiger partial charge in [-0.1, -0.05) is 18.2 Å². The molecule has 0 saturated carbocycles. The summed E-state index contributed by atoms with van der Waals surface area (Å²) < 4.78 is -0.785. The number of carboxylic acid groups (broad SMARTS) is 1. The van der Waals surface area contributed by atoms with Crippen molar-refractivity contribution in [3.05, 3.63) is 42.5 Å². The van der Waals surface area contributed by atoms with Gasteiger partial charge in [-0.15, -0.1) is 0 Å². The van der Waals surface area contributed by atoms with Gasteiger partial charge in [0.25, 0.3) is 0 Å². The molecule has 1 heterocycles. The number of para-hydroxylation sites is 1. The number of hydrogen-bond donors (Lipinski definition) is 3. The average molecular weight is 209 g/mol. The van der Waals surface area contributed by atoms with Gasteiger partial charge in [-0.2, -0.15) is 4.79 Å². The van der Waals surface area contributed by atoms with Crippen LogP contribution in [-0.2, 0) is 4.84 Å². The Kier molecular flexibility index (Phi) is 2.07. The molecular weight excluding hydrogens is 200 g/mol. The molecule has 0 aromatic heterocycles. The molecule has 0 spiro atoms. The third-order valence-electron chi connectivity index (χ3n) is 2.06. The zero-order valence-corrected chi connectivity index (χ0v) is 7.62. The summed E-state index contributed by atoms with van der Waals surface area (Å²) in [5, 5.41) is 18.2. The molecule has 2 rings (SSSR count). The number of nitrogens with one attached hydrogen (secondary N) is 1. The van der Waals surface area contributed by atoms with Gasteiger partial charge in [-0.3, -0.25) is 0 Å². The summed E-state index contributed by atoms with van der Waals surface area (Å²) in [5.41, 5.74) is 2.66. The number of carbonyl (C=O) groups is 1. The van der Waals surface area contributed by atoms with Crippen LogP contribution in [-0.4, -0.2) is 16.3 Å². The molecule has 0 bridgehead atoms. The van der Waals surface area contributed by atoms with E-state index in [0.717, 1.165) is 6.20 Å². The molecule has 1 aromatic rings. The number of aliphatic hydroxyl groups is 1. The summed E-state index contributed by atoms with van der Waals surface area (Å²) in [6.45, 7) is 0. The van der Waals surface area contributed by atoms with Gasteiger partial charge in [0.15, 0.2) is 5.69 Å². The third kappa shape index (κ3) is 1.41. The molecule has 6 nitrogen and oxygen atoms in total. The van der Waals surface area contributed by atoms with Gasteiger partial charge in [0.1, 0.15) is 0 Å². The molecule has 0 saturated heterocycles. The number of amides is 1. The van der Waals surface area contributed by atoms with E-state index in [-0.39, 0.29) is 0 Å². The van der Waals surface area contributed by atoms with Crippen LogP contribution in [0, 0.1) is 0 Å². The van der Waals surface area contributed by atoms with E-state index >= 15 is 0 Å². The SMILES string of the molecule is O=C(O)[N+]1(c2ccccc2)C=C(O)ON1. The van der Waals surface area contributed by atoms with E-state index in [1.54, 1.807) is 30.3 Å². The van der Waals surface area contributed by atoms with Crippen molar-refractivity contribution in [2.24, 2.45) is 0 Å².